The number of nitriles is 1. The third kappa shape index (κ3) is 4.29. The number of thiophene rings is 1. The summed E-state index contributed by atoms with van der Waals surface area (Å²) in [6.07, 6.45) is 2.90. The van der Waals surface area contributed by atoms with E-state index in [1.807, 2.05) is 31.2 Å². The minimum atomic E-state index is -0.0674. The Kier molecular flexibility index (Phi) is 6.75. The average Bonchev–Trinajstić information content (AvgIpc) is 3.23. The van der Waals surface area contributed by atoms with Gasteiger partial charge in [0.05, 0.1) is 42.2 Å². The molecule has 2 heterocycles. The summed E-state index contributed by atoms with van der Waals surface area (Å²) in [5, 5.41) is 24.3. The molecule has 0 aliphatic heterocycles. The van der Waals surface area contributed by atoms with Crippen LogP contribution < -0.4 is 19.6 Å². The van der Waals surface area contributed by atoms with Crippen LogP contribution in [0.2, 0.25) is 0 Å². The van der Waals surface area contributed by atoms with Crippen LogP contribution in [0.5, 0.6) is 23.0 Å². The largest absolute Gasteiger partial charge is 0.504 e. The van der Waals surface area contributed by atoms with Gasteiger partial charge in [0.2, 0.25) is 5.75 Å². The Morgan fingerprint density at radius 2 is 2.00 bits per heavy atom. The fourth-order valence-corrected chi connectivity index (χ4v) is 4.60. The molecule has 4 aromatic rings. The van der Waals surface area contributed by atoms with Gasteiger partial charge in [-0.3, -0.25) is 5.43 Å². The number of phenols is 1. The van der Waals surface area contributed by atoms with Crippen molar-refractivity contribution in [1.82, 2.24) is 9.97 Å². The van der Waals surface area contributed by atoms with Gasteiger partial charge in [-0.2, -0.15) is 10.4 Å². The highest BCUT2D eigenvalue weighted by Gasteiger charge is 2.20. The summed E-state index contributed by atoms with van der Waals surface area (Å²) < 4.78 is 16.8. The number of nitrogens with zero attached hydrogens (tertiary/aromatic N) is 4. The van der Waals surface area contributed by atoms with Crippen molar-refractivity contribution in [1.29, 1.82) is 5.26 Å². The monoisotopic (exact) mass is 475 g/mol. The molecule has 0 aliphatic rings. The number of para-hydroxylation sites is 1. The number of fused-ring (bicyclic) bond motifs is 1. The van der Waals surface area contributed by atoms with Crippen molar-refractivity contribution in [2.75, 3.05) is 26.3 Å². The molecule has 0 saturated carbocycles. The number of aromatic nitrogens is 2. The number of anilines is 1. The van der Waals surface area contributed by atoms with Crippen molar-refractivity contribution in [3.8, 4) is 39.5 Å². The van der Waals surface area contributed by atoms with Crippen molar-refractivity contribution < 1.29 is 19.3 Å². The molecule has 0 unspecified atom stereocenters. The van der Waals surface area contributed by atoms with Gasteiger partial charge in [0.15, 0.2) is 17.3 Å². The number of methoxy groups -OCH3 is 2. The van der Waals surface area contributed by atoms with Gasteiger partial charge in [-0.1, -0.05) is 12.1 Å². The molecule has 0 radical (unpaired) electrons. The van der Waals surface area contributed by atoms with Gasteiger partial charge in [0, 0.05) is 11.1 Å². The van der Waals surface area contributed by atoms with E-state index in [4.69, 9.17) is 14.2 Å². The summed E-state index contributed by atoms with van der Waals surface area (Å²) in [4.78, 5) is 9.38. The van der Waals surface area contributed by atoms with Crippen molar-refractivity contribution in [3.63, 3.8) is 0 Å². The summed E-state index contributed by atoms with van der Waals surface area (Å²) in [6.45, 7) is 2.42. The second-order valence-corrected chi connectivity index (χ2v) is 7.91. The van der Waals surface area contributed by atoms with Gasteiger partial charge in [-0.25, -0.2) is 9.97 Å². The molecule has 9 nitrogen and oxygen atoms in total. The predicted octanol–water partition coefficient (Wildman–Crippen LogP) is 4.80. The maximum Gasteiger partial charge on any atom is 0.203 e. The van der Waals surface area contributed by atoms with Crippen molar-refractivity contribution in [2.24, 2.45) is 5.10 Å². The molecule has 0 bridgehead atoms. The Labute approximate surface area is 199 Å². The standard InChI is InChI=1S/C24H21N5O4S/c1-4-33-18-8-6-5-7-15(18)22-16(11-25)20-23(34-22)24(27-13-26-20)29-28-12-14-9-17(30)21(32-3)19(10-14)31-2/h5-10,12-13,30H,4H2,1-3H3,(H,26,27,29). The second-order valence-electron chi connectivity index (χ2n) is 6.89. The van der Waals surface area contributed by atoms with E-state index in [0.29, 0.717) is 45.3 Å². The summed E-state index contributed by atoms with van der Waals surface area (Å²) in [7, 11) is 2.93. The molecule has 0 saturated heterocycles. The lowest BCUT2D eigenvalue weighted by Gasteiger charge is -2.09. The highest BCUT2D eigenvalue weighted by atomic mass is 32.1. The zero-order chi connectivity index (χ0) is 24.1. The number of rotatable bonds is 8. The fraction of sp³-hybridized carbons (Fsp3) is 0.167. The number of hydrazone groups is 1. The third-order valence-corrected chi connectivity index (χ3v) is 6.10. The maximum atomic E-state index is 10.1. The number of aromatic hydroxyl groups is 1. The smallest absolute Gasteiger partial charge is 0.203 e. The van der Waals surface area contributed by atoms with Crippen LogP contribution in [0.4, 0.5) is 5.82 Å². The van der Waals surface area contributed by atoms with Gasteiger partial charge < -0.3 is 19.3 Å². The van der Waals surface area contributed by atoms with E-state index < -0.39 is 0 Å². The molecule has 172 valence electrons. The van der Waals surface area contributed by atoms with E-state index >= 15 is 0 Å². The van der Waals surface area contributed by atoms with Crippen LogP contribution in [0.3, 0.4) is 0 Å². The van der Waals surface area contributed by atoms with Crippen LogP contribution in [-0.2, 0) is 0 Å². The highest BCUT2D eigenvalue weighted by Crippen LogP contribution is 2.43. The summed E-state index contributed by atoms with van der Waals surface area (Å²) >= 11 is 1.39. The Hall–Kier alpha value is -4.36. The predicted molar refractivity (Wildman–Crippen MR) is 131 cm³/mol. The molecular formula is C24H21N5O4S. The van der Waals surface area contributed by atoms with Crippen molar-refractivity contribution >= 4 is 33.6 Å². The lowest BCUT2D eigenvalue weighted by molar-refractivity contribution is 0.333. The molecule has 2 N–H and O–H groups in total. The first-order chi connectivity index (χ1) is 16.6. The van der Waals surface area contributed by atoms with Gasteiger partial charge in [0.1, 0.15) is 23.7 Å². The van der Waals surface area contributed by atoms with Crippen LogP contribution in [0.15, 0.2) is 47.8 Å². The number of phenolic OH excluding ortho intramolecular Hbond substituents is 1. The molecule has 10 heteroatoms. The van der Waals surface area contributed by atoms with E-state index in [2.05, 4.69) is 26.6 Å². The summed E-state index contributed by atoms with van der Waals surface area (Å²) in [5.74, 6) is 1.70. The molecule has 0 amide bonds. The average molecular weight is 476 g/mol. The summed E-state index contributed by atoms with van der Waals surface area (Å²) in [6, 6.07) is 13.0. The number of hydrogen-bond acceptors (Lipinski definition) is 10. The van der Waals surface area contributed by atoms with Crippen LogP contribution in [0, 0.1) is 11.3 Å². The molecule has 2 aromatic heterocycles. The molecule has 34 heavy (non-hydrogen) atoms. The molecule has 0 fully saturated rings. The third-order valence-electron chi connectivity index (χ3n) is 4.88. The Bertz CT molecular complexity index is 1410. The van der Waals surface area contributed by atoms with Gasteiger partial charge >= 0.3 is 0 Å². The number of nitrogens with one attached hydrogen (secondary N) is 1. The SMILES string of the molecule is CCOc1ccccc1-c1sc2c(NN=Cc3cc(O)c(OC)c(OC)c3)ncnc2c1C#N. The van der Waals surface area contributed by atoms with Crippen LogP contribution >= 0.6 is 11.3 Å². The van der Waals surface area contributed by atoms with Crippen molar-refractivity contribution in [3.05, 3.63) is 53.9 Å². The quantitative estimate of drug-likeness (QED) is 0.275. The molecular weight excluding hydrogens is 454 g/mol. The lowest BCUT2D eigenvalue weighted by atomic mass is 10.1. The Morgan fingerprint density at radius 1 is 1.18 bits per heavy atom. The van der Waals surface area contributed by atoms with E-state index in [-0.39, 0.29) is 11.5 Å². The van der Waals surface area contributed by atoms with Gasteiger partial charge in [-0.15, -0.1) is 11.3 Å². The Morgan fingerprint density at radius 3 is 2.74 bits per heavy atom. The first-order valence-corrected chi connectivity index (χ1v) is 11.1. The minimum absolute atomic E-state index is 0.0674. The normalized spacial score (nSPS) is 10.9. The van der Waals surface area contributed by atoms with E-state index in [9.17, 15) is 10.4 Å². The molecule has 0 aliphatic carbocycles. The van der Waals surface area contributed by atoms with E-state index in [1.165, 1.54) is 44.2 Å². The fourth-order valence-electron chi connectivity index (χ4n) is 3.43. The molecule has 4 rings (SSSR count). The lowest BCUT2D eigenvalue weighted by Crippen LogP contribution is -1.96. The topological polar surface area (TPSA) is 122 Å². The van der Waals surface area contributed by atoms with Gasteiger partial charge in [0.25, 0.3) is 0 Å². The number of benzene rings is 2. The van der Waals surface area contributed by atoms with E-state index in [1.54, 1.807) is 6.07 Å². The van der Waals surface area contributed by atoms with Crippen LogP contribution in [0.25, 0.3) is 20.7 Å². The second kappa shape index (κ2) is 10.1. The van der Waals surface area contributed by atoms with Crippen LogP contribution in [-0.4, -0.2) is 42.1 Å². The van der Waals surface area contributed by atoms with Gasteiger partial charge in [-0.05, 0) is 31.2 Å². The first kappa shape index (κ1) is 22.8. The van der Waals surface area contributed by atoms with E-state index in [0.717, 1.165) is 10.4 Å². The zero-order valence-electron chi connectivity index (χ0n) is 18.7. The first-order valence-electron chi connectivity index (χ1n) is 10.2. The zero-order valence-corrected chi connectivity index (χ0v) is 19.5. The minimum Gasteiger partial charge on any atom is -0.504 e. The molecule has 2 aromatic carbocycles. The number of ether oxygens (including phenoxy) is 3. The summed E-state index contributed by atoms with van der Waals surface area (Å²) in [5.41, 5.74) is 5.30. The van der Waals surface area contributed by atoms with Crippen LogP contribution in [0.1, 0.15) is 18.1 Å². The van der Waals surface area contributed by atoms with Crippen molar-refractivity contribution in [2.45, 2.75) is 6.92 Å². The number of hydrogen-bond donors (Lipinski definition) is 2. The molecule has 0 spiro atoms. The highest BCUT2D eigenvalue weighted by molar-refractivity contribution is 7.23. The molecule has 0 atom stereocenters. The maximum absolute atomic E-state index is 10.1. The Balaban J connectivity index is 1.71.